The number of hydrogen-bond acceptors (Lipinski definition) is 1. The van der Waals surface area contributed by atoms with Gasteiger partial charge in [0.15, 0.2) is 0 Å². The number of halogens is 2. The third-order valence-electron chi connectivity index (χ3n) is 2.72. The summed E-state index contributed by atoms with van der Waals surface area (Å²) in [5.41, 5.74) is 2.69. The zero-order valence-corrected chi connectivity index (χ0v) is 9.61. The van der Waals surface area contributed by atoms with Gasteiger partial charge in [-0.3, -0.25) is 0 Å². The molecule has 90 valence electrons. The monoisotopic (exact) mass is 243 g/mol. The van der Waals surface area contributed by atoms with Crippen LogP contribution in [0.2, 0.25) is 0 Å². The van der Waals surface area contributed by atoms with E-state index in [9.17, 15) is 8.78 Å². The largest absolute Gasteiger partial charge is 0.263 e. The lowest BCUT2D eigenvalue weighted by molar-refractivity contribution is 0.151. The van der Waals surface area contributed by atoms with E-state index in [0.29, 0.717) is 12.0 Å². The van der Waals surface area contributed by atoms with E-state index in [-0.39, 0.29) is 5.56 Å². The van der Waals surface area contributed by atoms with Gasteiger partial charge in [0.25, 0.3) is 6.43 Å². The molecule has 18 heavy (non-hydrogen) atoms. The van der Waals surface area contributed by atoms with Gasteiger partial charge in [-0.15, -0.1) is 0 Å². The van der Waals surface area contributed by atoms with Crippen LogP contribution in [0.5, 0.6) is 0 Å². The standard InChI is InChI=1S/C15H11F2N/c16-15(17)14-7-5-12(6-8-14)9-11-1-3-13(10-18)4-2-11/h1-8,15H,9H2. The Morgan fingerprint density at radius 2 is 1.39 bits per heavy atom. The molecule has 0 saturated carbocycles. The summed E-state index contributed by atoms with van der Waals surface area (Å²) >= 11 is 0. The molecule has 1 nitrogen and oxygen atoms in total. The molecule has 0 atom stereocenters. The minimum Gasteiger partial charge on any atom is -0.205 e. The van der Waals surface area contributed by atoms with Crippen molar-refractivity contribution in [1.82, 2.24) is 0 Å². The molecule has 0 spiro atoms. The van der Waals surface area contributed by atoms with Gasteiger partial charge in [-0.05, 0) is 29.7 Å². The molecule has 2 aromatic rings. The van der Waals surface area contributed by atoms with E-state index in [1.165, 1.54) is 12.1 Å². The molecular weight excluding hydrogens is 232 g/mol. The molecule has 0 radical (unpaired) electrons. The Hall–Kier alpha value is -2.21. The molecule has 0 unspecified atom stereocenters. The lowest BCUT2D eigenvalue weighted by Crippen LogP contribution is -1.90. The Kier molecular flexibility index (Phi) is 3.69. The van der Waals surface area contributed by atoms with Crippen LogP contribution in [0, 0.1) is 11.3 Å². The average Bonchev–Trinajstić information content (AvgIpc) is 2.40. The van der Waals surface area contributed by atoms with Crippen LogP contribution in [-0.4, -0.2) is 0 Å². The van der Waals surface area contributed by atoms with Gasteiger partial charge in [0, 0.05) is 5.56 Å². The zero-order valence-electron chi connectivity index (χ0n) is 9.61. The van der Waals surface area contributed by atoms with Crippen molar-refractivity contribution in [2.75, 3.05) is 0 Å². The molecular formula is C15H11F2N. The van der Waals surface area contributed by atoms with E-state index in [0.717, 1.165) is 11.1 Å². The predicted molar refractivity (Wildman–Crippen MR) is 65.4 cm³/mol. The maximum absolute atomic E-state index is 12.4. The smallest absolute Gasteiger partial charge is 0.205 e. The highest BCUT2D eigenvalue weighted by molar-refractivity contribution is 5.34. The van der Waals surface area contributed by atoms with Crippen molar-refractivity contribution in [3.63, 3.8) is 0 Å². The molecule has 0 aliphatic rings. The van der Waals surface area contributed by atoms with E-state index >= 15 is 0 Å². The summed E-state index contributed by atoms with van der Waals surface area (Å²) in [6.07, 6.45) is -1.75. The minimum absolute atomic E-state index is 0.0404. The fourth-order valence-corrected chi connectivity index (χ4v) is 1.71. The lowest BCUT2D eigenvalue weighted by Gasteiger charge is -2.04. The first kappa shape index (κ1) is 12.3. The van der Waals surface area contributed by atoms with Gasteiger partial charge in [0.05, 0.1) is 11.6 Å². The first-order valence-corrected chi connectivity index (χ1v) is 5.55. The first-order chi connectivity index (χ1) is 8.69. The highest BCUT2D eigenvalue weighted by Crippen LogP contribution is 2.19. The van der Waals surface area contributed by atoms with Crippen molar-refractivity contribution in [2.24, 2.45) is 0 Å². The van der Waals surface area contributed by atoms with Gasteiger partial charge >= 0.3 is 0 Å². The number of alkyl halides is 2. The van der Waals surface area contributed by atoms with Crippen LogP contribution in [0.25, 0.3) is 0 Å². The SMILES string of the molecule is N#Cc1ccc(Cc2ccc(C(F)F)cc2)cc1. The number of nitrogens with zero attached hydrogens (tertiary/aromatic N) is 1. The van der Waals surface area contributed by atoms with Crippen molar-refractivity contribution in [1.29, 1.82) is 5.26 Å². The Morgan fingerprint density at radius 1 is 0.889 bits per heavy atom. The van der Waals surface area contributed by atoms with E-state index in [1.807, 2.05) is 12.1 Å². The number of nitriles is 1. The van der Waals surface area contributed by atoms with Gasteiger partial charge in [-0.1, -0.05) is 36.4 Å². The first-order valence-electron chi connectivity index (χ1n) is 5.55. The van der Waals surface area contributed by atoms with Crippen molar-refractivity contribution in [3.8, 4) is 6.07 Å². The number of rotatable bonds is 3. The maximum atomic E-state index is 12.4. The van der Waals surface area contributed by atoms with E-state index in [1.54, 1.807) is 24.3 Å². The fourth-order valence-electron chi connectivity index (χ4n) is 1.71. The third kappa shape index (κ3) is 2.92. The van der Waals surface area contributed by atoms with Crippen LogP contribution in [0.1, 0.15) is 28.7 Å². The molecule has 3 heteroatoms. The third-order valence-corrected chi connectivity index (χ3v) is 2.72. The summed E-state index contributed by atoms with van der Waals surface area (Å²) in [4.78, 5) is 0. The number of benzene rings is 2. The average molecular weight is 243 g/mol. The highest BCUT2D eigenvalue weighted by atomic mass is 19.3. The fraction of sp³-hybridized carbons (Fsp3) is 0.133. The molecule has 2 aromatic carbocycles. The predicted octanol–water partition coefficient (Wildman–Crippen LogP) is 4.09. The van der Waals surface area contributed by atoms with Gasteiger partial charge in [-0.2, -0.15) is 5.26 Å². The Morgan fingerprint density at radius 3 is 1.83 bits per heavy atom. The second-order valence-electron chi connectivity index (χ2n) is 4.03. The quantitative estimate of drug-likeness (QED) is 0.796. The molecule has 0 aromatic heterocycles. The zero-order chi connectivity index (χ0) is 13.0. The molecule has 0 bridgehead atoms. The minimum atomic E-state index is -2.42. The van der Waals surface area contributed by atoms with Gasteiger partial charge < -0.3 is 0 Å². The summed E-state index contributed by atoms with van der Waals surface area (Å²) in [7, 11) is 0. The molecule has 0 heterocycles. The lowest BCUT2D eigenvalue weighted by atomic mass is 10.0. The molecule has 0 saturated heterocycles. The topological polar surface area (TPSA) is 23.8 Å². The van der Waals surface area contributed by atoms with Gasteiger partial charge in [0.2, 0.25) is 0 Å². The Balaban J connectivity index is 2.11. The van der Waals surface area contributed by atoms with Crippen LogP contribution in [0.4, 0.5) is 8.78 Å². The van der Waals surface area contributed by atoms with Crippen LogP contribution >= 0.6 is 0 Å². The summed E-state index contributed by atoms with van der Waals surface area (Å²) in [6.45, 7) is 0. The molecule has 2 rings (SSSR count). The number of hydrogen-bond donors (Lipinski definition) is 0. The summed E-state index contributed by atoms with van der Waals surface area (Å²) in [6, 6.07) is 15.6. The van der Waals surface area contributed by atoms with Gasteiger partial charge in [0.1, 0.15) is 0 Å². The highest BCUT2D eigenvalue weighted by Gasteiger charge is 2.05. The van der Waals surface area contributed by atoms with E-state index < -0.39 is 6.43 Å². The Bertz CT molecular complexity index is 551. The molecule has 0 aliphatic heterocycles. The van der Waals surface area contributed by atoms with Crippen LogP contribution in [0.3, 0.4) is 0 Å². The second-order valence-corrected chi connectivity index (χ2v) is 4.03. The van der Waals surface area contributed by atoms with Crippen LogP contribution in [0.15, 0.2) is 48.5 Å². The van der Waals surface area contributed by atoms with Crippen LogP contribution < -0.4 is 0 Å². The normalized spacial score (nSPS) is 10.3. The van der Waals surface area contributed by atoms with Crippen molar-refractivity contribution >= 4 is 0 Å². The van der Waals surface area contributed by atoms with E-state index in [4.69, 9.17) is 5.26 Å². The maximum Gasteiger partial charge on any atom is 0.263 e. The van der Waals surface area contributed by atoms with E-state index in [2.05, 4.69) is 6.07 Å². The summed E-state index contributed by atoms with van der Waals surface area (Å²) in [5, 5.41) is 8.68. The molecule has 0 fully saturated rings. The molecule has 0 amide bonds. The Labute approximate surface area is 104 Å². The molecule has 0 N–H and O–H groups in total. The van der Waals surface area contributed by atoms with Crippen molar-refractivity contribution in [2.45, 2.75) is 12.8 Å². The van der Waals surface area contributed by atoms with Crippen molar-refractivity contribution < 1.29 is 8.78 Å². The molecule has 0 aliphatic carbocycles. The summed E-state index contributed by atoms with van der Waals surface area (Å²) < 4.78 is 24.8. The van der Waals surface area contributed by atoms with Crippen molar-refractivity contribution in [3.05, 3.63) is 70.8 Å². The van der Waals surface area contributed by atoms with Crippen LogP contribution in [-0.2, 0) is 6.42 Å². The second kappa shape index (κ2) is 5.42. The summed E-state index contributed by atoms with van der Waals surface area (Å²) in [5.74, 6) is 0. The van der Waals surface area contributed by atoms with Gasteiger partial charge in [-0.25, -0.2) is 8.78 Å².